The minimum absolute atomic E-state index is 0.213. The Bertz CT molecular complexity index is 298. The van der Waals surface area contributed by atoms with Gasteiger partial charge < -0.3 is 5.11 Å². The molecule has 6 heteroatoms. The average Bonchev–Trinajstić information content (AvgIpc) is 2.03. The van der Waals surface area contributed by atoms with Gasteiger partial charge in [0.25, 0.3) is 6.43 Å². The second-order valence-electron chi connectivity index (χ2n) is 2.26. The van der Waals surface area contributed by atoms with Crippen LogP contribution in [0, 0.1) is 3.70 Å². The Hall–Kier alpha value is 0.180. The molecule has 0 amide bonds. The van der Waals surface area contributed by atoms with Crippen LogP contribution in [0.2, 0.25) is 0 Å². The van der Waals surface area contributed by atoms with Crippen LogP contribution in [0.3, 0.4) is 0 Å². The van der Waals surface area contributed by atoms with Crippen molar-refractivity contribution in [2.75, 3.05) is 0 Å². The first-order chi connectivity index (χ1) is 6.06. The Morgan fingerprint density at radius 2 is 2.23 bits per heavy atom. The van der Waals surface area contributed by atoms with E-state index in [0.29, 0.717) is 13.7 Å². The van der Waals surface area contributed by atoms with Crippen LogP contribution < -0.4 is 0 Å². The van der Waals surface area contributed by atoms with Crippen molar-refractivity contribution in [3.8, 4) is 0 Å². The Kier molecular flexibility index (Phi) is 3.99. The van der Waals surface area contributed by atoms with Crippen LogP contribution in [-0.2, 0) is 6.61 Å². The second kappa shape index (κ2) is 4.61. The first kappa shape index (κ1) is 11.3. The van der Waals surface area contributed by atoms with Gasteiger partial charge in [0.1, 0.15) is 9.39 Å². The van der Waals surface area contributed by atoms with Crippen LogP contribution >= 0.6 is 38.5 Å². The molecule has 1 aromatic rings. The topological polar surface area (TPSA) is 33.1 Å². The van der Waals surface area contributed by atoms with Crippen molar-refractivity contribution in [2.24, 2.45) is 0 Å². The minimum atomic E-state index is -2.59. The predicted octanol–water partition coefficient (Wildman–Crippen LogP) is 2.88. The number of pyridine rings is 1. The van der Waals surface area contributed by atoms with Crippen LogP contribution in [0.1, 0.15) is 17.7 Å². The zero-order valence-electron chi connectivity index (χ0n) is 6.27. The molecule has 0 atom stereocenters. The Balaban J connectivity index is 3.20. The molecule has 0 aliphatic heterocycles. The van der Waals surface area contributed by atoms with Crippen molar-refractivity contribution >= 4 is 38.5 Å². The van der Waals surface area contributed by atoms with E-state index >= 15 is 0 Å². The van der Waals surface area contributed by atoms with Gasteiger partial charge in [0.15, 0.2) is 0 Å². The molecule has 2 nitrogen and oxygen atoms in total. The van der Waals surface area contributed by atoms with Gasteiger partial charge in [0.05, 0.1) is 6.61 Å². The summed E-state index contributed by atoms with van der Waals surface area (Å²) >= 11 is 4.90. The molecular weight excluding hydrogens is 359 g/mol. The summed E-state index contributed by atoms with van der Waals surface area (Å²) in [4.78, 5) is 3.65. The maximum Gasteiger partial charge on any atom is 0.280 e. The van der Waals surface area contributed by atoms with Crippen LogP contribution in [0.15, 0.2) is 10.5 Å². The van der Waals surface area contributed by atoms with Gasteiger partial charge in [-0.1, -0.05) is 15.9 Å². The summed E-state index contributed by atoms with van der Waals surface area (Å²) in [5.74, 6) is 0. The van der Waals surface area contributed by atoms with Gasteiger partial charge >= 0.3 is 0 Å². The highest BCUT2D eigenvalue weighted by atomic mass is 127. The molecule has 0 unspecified atom stereocenters. The van der Waals surface area contributed by atoms with Gasteiger partial charge in [-0.05, 0) is 28.7 Å². The molecule has 0 bridgehead atoms. The Morgan fingerprint density at radius 1 is 1.62 bits per heavy atom. The highest BCUT2D eigenvalue weighted by Crippen LogP contribution is 2.26. The van der Waals surface area contributed by atoms with Crippen molar-refractivity contribution < 1.29 is 13.9 Å². The average molecular weight is 364 g/mol. The molecule has 0 saturated carbocycles. The summed E-state index contributed by atoms with van der Waals surface area (Å²) < 4.78 is 25.3. The molecule has 0 aliphatic rings. The van der Waals surface area contributed by atoms with Crippen LogP contribution in [0.25, 0.3) is 0 Å². The number of rotatable bonds is 2. The first-order valence-corrected chi connectivity index (χ1v) is 5.17. The van der Waals surface area contributed by atoms with Gasteiger partial charge in [0.2, 0.25) is 0 Å². The van der Waals surface area contributed by atoms with E-state index in [2.05, 4.69) is 20.9 Å². The highest BCUT2D eigenvalue weighted by Gasteiger charge is 2.14. The van der Waals surface area contributed by atoms with E-state index in [9.17, 15) is 8.78 Å². The minimum Gasteiger partial charge on any atom is -0.392 e. The van der Waals surface area contributed by atoms with Crippen LogP contribution in [0.4, 0.5) is 8.78 Å². The van der Waals surface area contributed by atoms with Crippen molar-refractivity contribution in [3.63, 3.8) is 0 Å². The summed E-state index contributed by atoms with van der Waals surface area (Å²) in [6.45, 7) is -0.213. The van der Waals surface area contributed by atoms with Crippen LogP contribution in [0.5, 0.6) is 0 Å². The van der Waals surface area contributed by atoms with Crippen LogP contribution in [-0.4, -0.2) is 10.1 Å². The molecule has 0 radical (unpaired) electrons. The zero-order valence-corrected chi connectivity index (χ0v) is 10.0. The van der Waals surface area contributed by atoms with Gasteiger partial charge in [-0.3, -0.25) is 0 Å². The molecule has 0 aliphatic carbocycles. The molecule has 0 saturated heterocycles. The normalized spacial score (nSPS) is 10.9. The lowest BCUT2D eigenvalue weighted by Gasteiger charge is -2.06. The number of aliphatic hydroxyl groups is 1. The Morgan fingerprint density at radius 3 is 2.62 bits per heavy atom. The molecule has 1 heterocycles. The fraction of sp³-hybridized carbons (Fsp3) is 0.286. The number of alkyl halides is 2. The number of nitrogens with zero attached hydrogens (tertiary/aromatic N) is 1. The van der Waals surface area contributed by atoms with E-state index in [0.717, 1.165) is 0 Å². The standard InChI is InChI=1S/C7H5BrF2INO/c8-4-1-5(6(9)10)12-7(11)3(4)2-13/h1,6,13H,2H2. The molecule has 0 aromatic carbocycles. The molecule has 13 heavy (non-hydrogen) atoms. The summed E-state index contributed by atoms with van der Waals surface area (Å²) in [5.41, 5.74) is 0.249. The summed E-state index contributed by atoms with van der Waals surface area (Å²) in [6, 6.07) is 1.22. The lowest BCUT2D eigenvalue weighted by atomic mass is 10.2. The second-order valence-corrected chi connectivity index (χ2v) is 4.13. The van der Waals surface area contributed by atoms with E-state index in [4.69, 9.17) is 5.11 Å². The Labute approximate surface area is 95.6 Å². The van der Waals surface area contributed by atoms with E-state index < -0.39 is 6.43 Å². The summed E-state index contributed by atoms with van der Waals surface area (Å²) in [7, 11) is 0. The molecule has 0 spiro atoms. The van der Waals surface area contributed by atoms with E-state index in [1.807, 2.05) is 22.6 Å². The largest absolute Gasteiger partial charge is 0.392 e. The number of halogens is 4. The maximum absolute atomic E-state index is 12.2. The van der Waals surface area contributed by atoms with Gasteiger partial charge in [0, 0.05) is 10.0 Å². The SMILES string of the molecule is OCc1c(Br)cc(C(F)F)nc1I. The van der Waals surface area contributed by atoms with Gasteiger partial charge in [-0.2, -0.15) is 0 Å². The quantitative estimate of drug-likeness (QED) is 0.647. The smallest absolute Gasteiger partial charge is 0.280 e. The van der Waals surface area contributed by atoms with Crippen molar-refractivity contribution in [1.29, 1.82) is 0 Å². The lowest BCUT2D eigenvalue weighted by Crippen LogP contribution is -1.99. The van der Waals surface area contributed by atoms with E-state index in [1.165, 1.54) is 6.07 Å². The fourth-order valence-electron chi connectivity index (χ4n) is 0.781. The third-order valence-electron chi connectivity index (χ3n) is 1.42. The fourth-order valence-corrected chi connectivity index (χ4v) is 2.44. The number of aliphatic hydroxyl groups excluding tert-OH is 1. The van der Waals surface area contributed by atoms with Crippen molar-refractivity contribution in [3.05, 3.63) is 25.5 Å². The van der Waals surface area contributed by atoms with Gasteiger partial charge in [-0.15, -0.1) is 0 Å². The number of hydrogen-bond acceptors (Lipinski definition) is 2. The highest BCUT2D eigenvalue weighted by molar-refractivity contribution is 14.1. The third-order valence-corrected chi connectivity index (χ3v) is 3.02. The summed E-state index contributed by atoms with van der Waals surface area (Å²) in [5, 5.41) is 8.87. The van der Waals surface area contributed by atoms with E-state index in [-0.39, 0.29) is 12.3 Å². The molecule has 72 valence electrons. The van der Waals surface area contributed by atoms with Crippen molar-refractivity contribution in [1.82, 2.24) is 4.98 Å². The lowest BCUT2D eigenvalue weighted by molar-refractivity contribution is 0.145. The third kappa shape index (κ3) is 2.57. The molecule has 1 aromatic heterocycles. The monoisotopic (exact) mass is 363 g/mol. The maximum atomic E-state index is 12.2. The molecule has 1 N–H and O–H groups in total. The predicted molar refractivity (Wildman–Crippen MR) is 55.5 cm³/mol. The molecular formula is C7H5BrF2INO. The van der Waals surface area contributed by atoms with Gasteiger partial charge in [-0.25, -0.2) is 13.8 Å². The van der Waals surface area contributed by atoms with E-state index in [1.54, 1.807) is 0 Å². The zero-order chi connectivity index (χ0) is 10.0. The first-order valence-electron chi connectivity index (χ1n) is 3.30. The number of hydrogen-bond donors (Lipinski definition) is 1. The number of aromatic nitrogens is 1. The van der Waals surface area contributed by atoms with Crippen molar-refractivity contribution in [2.45, 2.75) is 13.0 Å². The molecule has 1 rings (SSSR count). The molecule has 0 fully saturated rings. The summed E-state index contributed by atoms with van der Waals surface area (Å²) in [6.07, 6.45) is -2.59.